The molecule has 0 aliphatic carbocycles. The second-order valence-electron chi connectivity index (χ2n) is 4.19. The molecule has 1 atom stereocenters. The van der Waals surface area contributed by atoms with Gasteiger partial charge in [-0.05, 0) is 26.0 Å². The van der Waals surface area contributed by atoms with Crippen molar-refractivity contribution in [3.8, 4) is 0 Å². The van der Waals surface area contributed by atoms with Crippen LogP contribution >= 0.6 is 0 Å². The maximum atomic E-state index is 11.9. The number of nitrogens with zero attached hydrogens (tertiary/aromatic N) is 1. The van der Waals surface area contributed by atoms with Crippen LogP contribution < -0.4 is 10.2 Å². The largest absolute Gasteiger partial charge is 0.314 e. The lowest BCUT2D eigenvalue weighted by atomic mass is 10.2. The van der Waals surface area contributed by atoms with Crippen LogP contribution in [0.25, 0.3) is 0 Å². The number of carbonyl (C=O) groups is 1. The van der Waals surface area contributed by atoms with Crippen LogP contribution in [0.4, 0.5) is 5.69 Å². The van der Waals surface area contributed by atoms with Crippen LogP contribution in [0.15, 0.2) is 36.9 Å². The molecule has 0 fully saturated rings. The average molecular weight is 232 g/mol. The van der Waals surface area contributed by atoms with Gasteiger partial charge in [0.2, 0.25) is 5.91 Å². The van der Waals surface area contributed by atoms with Crippen molar-refractivity contribution in [1.29, 1.82) is 0 Å². The van der Waals surface area contributed by atoms with E-state index in [0.717, 1.165) is 5.69 Å². The van der Waals surface area contributed by atoms with Crippen LogP contribution in [0.2, 0.25) is 0 Å². The number of likely N-dealkylation sites (N-methyl/N-ethyl adjacent to an activating group) is 1. The molecule has 0 saturated carbocycles. The molecule has 0 aromatic heterocycles. The maximum absolute atomic E-state index is 11.9. The summed E-state index contributed by atoms with van der Waals surface area (Å²) in [5, 5.41) is 3.08. The molecule has 3 heteroatoms. The van der Waals surface area contributed by atoms with Crippen molar-refractivity contribution in [3.63, 3.8) is 0 Å². The number of aryl methyl sites for hydroxylation is 1. The van der Waals surface area contributed by atoms with Gasteiger partial charge in [0.1, 0.15) is 0 Å². The molecule has 0 spiro atoms. The van der Waals surface area contributed by atoms with Crippen molar-refractivity contribution in [3.05, 3.63) is 42.5 Å². The van der Waals surface area contributed by atoms with Gasteiger partial charge in [0.05, 0.1) is 6.54 Å². The predicted molar refractivity (Wildman–Crippen MR) is 72.3 cm³/mol. The van der Waals surface area contributed by atoms with Crippen LogP contribution in [0, 0.1) is 6.92 Å². The third kappa shape index (κ3) is 4.04. The quantitative estimate of drug-likeness (QED) is 0.789. The molecule has 0 heterocycles. The number of anilines is 1. The minimum absolute atomic E-state index is 0.0440. The standard InChI is InChI=1S/C14H20N2O/c1-5-12(3)15-10-14(17)16(4)13-8-6-11(2)7-9-13/h5-9,12,15H,1,10H2,2-4H3. The molecule has 1 rings (SSSR count). The Balaban J connectivity index is 2.57. The normalized spacial score (nSPS) is 11.9. The van der Waals surface area contributed by atoms with Crippen molar-refractivity contribution < 1.29 is 4.79 Å². The Bertz CT molecular complexity index is 384. The predicted octanol–water partition coefficient (Wildman–Crippen LogP) is 2.12. The molecule has 3 nitrogen and oxygen atoms in total. The highest BCUT2D eigenvalue weighted by Gasteiger charge is 2.10. The van der Waals surface area contributed by atoms with Gasteiger partial charge in [-0.3, -0.25) is 4.79 Å². The van der Waals surface area contributed by atoms with E-state index in [2.05, 4.69) is 11.9 Å². The van der Waals surface area contributed by atoms with E-state index in [9.17, 15) is 4.79 Å². The highest BCUT2D eigenvalue weighted by molar-refractivity contribution is 5.94. The molecule has 1 aromatic rings. The van der Waals surface area contributed by atoms with Crippen LogP contribution in [-0.4, -0.2) is 25.5 Å². The molecule has 0 radical (unpaired) electrons. The highest BCUT2D eigenvalue weighted by atomic mass is 16.2. The Morgan fingerprint density at radius 1 is 1.47 bits per heavy atom. The Morgan fingerprint density at radius 3 is 2.59 bits per heavy atom. The summed E-state index contributed by atoms with van der Waals surface area (Å²) >= 11 is 0. The van der Waals surface area contributed by atoms with Crippen molar-refractivity contribution in [2.24, 2.45) is 0 Å². The lowest BCUT2D eigenvalue weighted by Gasteiger charge is -2.18. The van der Waals surface area contributed by atoms with Crippen molar-refractivity contribution in [1.82, 2.24) is 5.32 Å². The summed E-state index contributed by atoms with van der Waals surface area (Å²) in [6.07, 6.45) is 1.78. The van der Waals surface area contributed by atoms with Crippen molar-refractivity contribution in [2.45, 2.75) is 19.9 Å². The first-order chi connectivity index (χ1) is 8.04. The number of hydrogen-bond donors (Lipinski definition) is 1. The van der Waals surface area contributed by atoms with Crippen LogP contribution in [-0.2, 0) is 4.79 Å². The van der Waals surface area contributed by atoms with E-state index < -0.39 is 0 Å². The molecule has 17 heavy (non-hydrogen) atoms. The minimum Gasteiger partial charge on any atom is -0.314 e. The van der Waals surface area contributed by atoms with Crippen LogP contribution in [0.1, 0.15) is 12.5 Å². The van der Waals surface area contributed by atoms with Crippen LogP contribution in [0.3, 0.4) is 0 Å². The summed E-state index contributed by atoms with van der Waals surface area (Å²) in [4.78, 5) is 13.5. The number of nitrogens with one attached hydrogen (secondary N) is 1. The lowest BCUT2D eigenvalue weighted by molar-refractivity contribution is -0.117. The van der Waals surface area contributed by atoms with Gasteiger partial charge in [-0.1, -0.05) is 23.8 Å². The number of rotatable bonds is 5. The first-order valence-corrected chi connectivity index (χ1v) is 5.73. The second-order valence-corrected chi connectivity index (χ2v) is 4.19. The van der Waals surface area contributed by atoms with Gasteiger partial charge >= 0.3 is 0 Å². The molecular formula is C14H20N2O. The smallest absolute Gasteiger partial charge is 0.240 e. The van der Waals surface area contributed by atoms with E-state index in [1.807, 2.05) is 38.1 Å². The number of carbonyl (C=O) groups excluding carboxylic acids is 1. The maximum Gasteiger partial charge on any atom is 0.240 e. The number of amides is 1. The summed E-state index contributed by atoms with van der Waals surface area (Å²) in [7, 11) is 1.78. The topological polar surface area (TPSA) is 32.3 Å². The Morgan fingerprint density at radius 2 is 2.06 bits per heavy atom. The van der Waals surface area contributed by atoms with Gasteiger partial charge in [-0.25, -0.2) is 0 Å². The zero-order valence-corrected chi connectivity index (χ0v) is 10.7. The minimum atomic E-state index is 0.0440. The first-order valence-electron chi connectivity index (χ1n) is 5.73. The molecule has 0 saturated heterocycles. The fraction of sp³-hybridized carbons (Fsp3) is 0.357. The van der Waals surface area contributed by atoms with E-state index in [4.69, 9.17) is 0 Å². The highest BCUT2D eigenvalue weighted by Crippen LogP contribution is 2.13. The molecular weight excluding hydrogens is 212 g/mol. The summed E-state index contributed by atoms with van der Waals surface area (Å²) < 4.78 is 0. The van der Waals surface area contributed by atoms with E-state index in [0.29, 0.717) is 6.54 Å². The average Bonchev–Trinajstić information content (AvgIpc) is 2.35. The molecule has 1 amide bonds. The van der Waals surface area contributed by atoms with Crippen molar-refractivity contribution >= 4 is 11.6 Å². The molecule has 1 aromatic carbocycles. The second kappa shape index (κ2) is 6.21. The van der Waals surface area contributed by atoms with E-state index in [1.54, 1.807) is 18.0 Å². The Kier molecular flexibility index (Phi) is 4.91. The van der Waals surface area contributed by atoms with Gasteiger partial charge in [-0.15, -0.1) is 6.58 Å². The molecule has 92 valence electrons. The summed E-state index contributed by atoms with van der Waals surface area (Å²) in [5.74, 6) is 0.0440. The molecule has 0 bridgehead atoms. The Labute approximate surface area is 103 Å². The van der Waals surface area contributed by atoms with Gasteiger partial charge in [0, 0.05) is 18.8 Å². The first kappa shape index (κ1) is 13.5. The number of benzene rings is 1. The molecule has 1 unspecified atom stereocenters. The zero-order chi connectivity index (χ0) is 12.8. The van der Waals surface area contributed by atoms with Crippen LogP contribution in [0.5, 0.6) is 0 Å². The summed E-state index contributed by atoms with van der Waals surface area (Å²) in [6, 6.07) is 8.04. The van der Waals surface area contributed by atoms with E-state index in [1.165, 1.54) is 5.56 Å². The SMILES string of the molecule is C=CC(C)NCC(=O)N(C)c1ccc(C)cc1. The van der Waals surface area contributed by atoms with Crippen molar-refractivity contribution in [2.75, 3.05) is 18.5 Å². The van der Waals surface area contributed by atoms with Gasteiger partial charge in [0.15, 0.2) is 0 Å². The third-order valence-electron chi connectivity index (χ3n) is 2.72. The summed E-state index contributed by atoms with van der Waals surface area (Å²) in [5.41, 5.74) is 2.10. The molecule has 0 aliphatic rings. The fourth-order valence-electron chi connectivity index (χ4n) is 1.36. The molecule has 1 N–H and O–H groups in total. The number of hydrogen-bond acceptors (Lipinski definition) is 2. The van der Waals surface area contributed by atoms with Gasteiger partial charge in [-0.2, -0.15) is 0 Å². The Hall–Kier alpha value is -1.61. The van der Waals surface area contributed by atoms with Gasteiger partial charge in [0.25, 0.3) is 0 Å². The van der Waals surface area contributed by atoms with E-state index in [-0.39, 0.29) is 11.9 Å². The summed E-state index contributed by atoms with van der Waals surface area (Å²) in [6.45, 7) is 7.97. The lowest BCUT2D eigenvalue weighted by Crippen LogP contribution is -2.38. The van der Waals surface area contributed by atoms with E-state index >= 15 is 0 Å². The zero-order valence-electron chi connectivity index (χ0n) is 10.7. The van der Waals surface area contributed by atoms with Gasteiger partial charge < -0.3 is 10.2 Å². The monoisotopic (exact) mass is 232 g/mol. The third-order valence-corrected chi connectivity index (χ3v) is 2.72. The fourth-order valence-corrected chi connectivity index (χ4v) is 1.36. The molecule has 0 aliphatic heterocycles.